The highest BCUT2D eigenvalue weighted by Crippen LogP contribution is 2.36. The van der Waals surface area contributed by atoms with Gasteiger partial charge in [0, 0.05) is 4.92 Å². The lowest BCUT2D eigenvalue weighted by Crippen LogP contribution is -2.39. The van der Waals surface area contributed by atoms with Gasteiger partial charge in [-0.1, -0.05) is 25.0 Å². The summed E-state index contributed by atoms with van der Waals surface area (Å²) < 4.78 is 0. The highest BCUT2D eigenvalue weighted by atomic mass is 16.6. The molecule has 3 rings (SSSR count). The monoisotopic (exact) mass is 246 g/mol. The van der Waals surface area contributed by atoms with E-state index >= 15 is 0 Å². The molecule has 1 aromatic heterocycles. The van der Waals surface area contributed by atoms with E-state index in [1.165, 1.54) is 0 Å². The van der Waals surface area contributed by atoms with Gasteiger partial charge in [-0.3, -0.25) is 10.1 Å². The van der Waals surface area contributed by atoms with Crippen LogP contribution in [0.1, 0.15) is 25.7 Å². The predicted octanol–water partition coefficient (Wildman–Crippen LogP) is 1.98. The summed E-state index contributed by atoms with van der Waals surface area (Å²) in [6, 6.07) is 7.56. The van der Waals surface area contributed by atoms with Gasteiger partial charge in [0.2, 0.25) is 6.54 Å². The standard InChI is InChI=1S/C12H14N4O2/c17-15(18)9-12(7-3-4-8-12)16-13-10-5-1-2-6-11(10)14-16/h1-2,5-6H,3-4,7-9H2. The highest BCUT2D eigenvalue weighted by molar-refractivity contribution is 5.73. The minimum Gasteiger partial charge on any atom is -0.264 e. The summed E-state index contributed by atoms with van der Waals surface area (Å²) >= 11 is 0. The van der Waals surface area contributed by atoms with E-state index in [1.807, 2.05) is 24.3 Å². The Labute approximate surface area is 104 Å². The molecule has 0 unspecified atom stereocenters. The molecule has 1 aromatic carbocycles. The molecular weight excluding hydrogens is 232 g/mol. The molecule has 0 radical (unpaired) electrons. The molecule has 0 bridgehead atoms. The van der Waals surface area contributed by atoms with Crippen LogP contribution in [0.25, 0.3) is 11.0 Å². The first-order valence-corrected chi connectivity index (χ1v) is 6.14. The van der Waals surface area contributed by atoms with E-state index in [9.17, 15) is 10.1 Å². The number of fused-ring (bicyclic) bond motifs is 1. The maximum Gasteiger partial charge on any atom is 0.230 e. The van der Waals surface area contributed by atoms with Crippen LogP contribution in [0.2, 0.25) is 0 Å². The molecular formula is C12H14N4O2. The van der Waals surface area contributed by atoms with Crippen LogP contribution in [-0.4, -0.2) is 26.5 Å². The summed E-state index contributed by atoms with van der Waals surface area (Å²) in [6.45, 7) is -0.0893. The van der Waals surface area contributed by atoms with Crippen LogP contribution in [0, 0.1) is 10.1 Å². The molecule has 0 saturated heterocycles. The molecule has 6 nitrogen and oxygen atoms in total. The zero-order valence-corrected chi connectivity index (χ0v) is 9.95. The number of nitrogens with zero attached hydrogens (tertiary/aromatic N) is 4. The smallest absolute Gasteiger partial charge is 0.230 e. The van der Waals surface area contributed by atoms with E-state index in [4.69, 9.17) is 0 Å². The summed E-state index contributed by atoms with van der Waals surface area (Å²) in [6.07, 6.45) is 3.58. The van der Waals surface area contributed by atoms with E-state index in [0.717, 1.165) is 36.7 Å². The first-order chi connectivity index (χ1) is 8.70. The third-order valence-corrected chi connectivity index (χ3v) is 3.67. The predicted molar refractivity (Wildman–Crippen MR) is 65.8 cm³/mol. The van der Waals surface area contributed by atoms with Gasteiger partial charge in [0.15, 0.2) is 0 Å². The fourth-order valence-corrected chi connectivity index (χ4v) is 2.77. The summed E-state index contributed by atoms with van der Waals surface area (Å²) in [7, 11) is 0. The van der Waals surface area contributed by atoms with Crippen LogP contribution in [0.15, 0.2) is 24.3 Å². The van der Waals surface area contributed by atoms with Gasteiger partial charge in [-0.25, -0.2) is 0 Å². The van der Waals surface area contributed by atoms with E-state index in [1.54, 1.807) is 4.80 Å². The number of hydrogen-bond donors (Lipinski definition) is 0. The first-order valence-electron chi connectivity index (χ1n) is 6.14. The number of rotatable bonds is 3. The lowest BCUT2D eigenvalue weighted by atomic mass is 9.99. The van der Waals surface area contributed by atoms with Crippen molar-refractivity contribution in [2.24, 2.45) is 0 Å². The minimum absolute atomic E-state index is 0.0893. The first kappa shape index (κ1) is 11.1. The summed E-state index contributed by atoms with van der Waals surface area (Å²) in [5, 5.41) is 19.7. The van der Waals surface area contributed by atoms with Crippen LogP contribution >= 0.6 is 0 Å². The Morgan fingerprint density at radius 2 is 1.78 bits per heavy atom. The highest BCUT2D eigenvalue weighted by Gasteiger charge is 2.42. The maximum atomic E-state index is 10.9. The molecule has 0 amide bonds. The Kier molecular flexibility index (Phi) is 2.50. The van der Waals surface area contributed by atoms with Gasteiger partial charge in [-0.15, -0.1) is 0 Å². The van der Waals surface area contributed by atoms with Crippen molar-refractivity contribution in [2.45, 2.75) is 31.2 Å². The molecule has 1 aliphatic rings. The summed E-state index contributed by atoms with van der Waals surface area (Å²) in [4.78, 5) is 12.2. The number of hydrogen-bond acceptors (Lipinski definition) is 4. The molecule has 94 valence electrons. The second kappa shape index (κ2) is 4.04. The Bertz CT molecular complexity index is 554. The fraction of sp³-hybridized carbons (Fsp3) is 0.500. The van der Waals surface area contributed by atoms with Crippen LogP contribution < -0.4 is 0 Å². The molecule has 0 N–H and O–H groups in total. The Hall–Kier alpha value is -1.98. The largest absolute Gasteiger partial charge is 0.264 e. The fourth-order valence-electron chi connectivity index (χ4n) is 2.77. The number of nitro groups is 1. The quantitative estimate of drug-likeness (QED) is 0.613. The van der Waals surface area contributed by atoms with Crippen molar-refractivity contribution in [3.8, 4) is 0 Å². The van der Waals surface area contributed by atoms with Crippen molar-refractivity contribution < 1.29 is 4.92 Å². The topological polar surface area (TPSA) is 73.8 Å². The zero-order chi connectivity index (χ0) is 12.6. The third-order valence-electron chi connectivity index (χ3n) is 3.67. The molecule has 1 aliphatic carbocycles. The Morgan fingerprint density at radius 3 is 2.28 bits per heavy atom. The van der Waals surface area contributed by atoms with E-state index in [0.29, 0.717) is 0 Å². The van der Waals surface area contributed by atoms with Gasteiger partial charge in [-0.05, 0) is 25.0 Å². The van der Waals surface area contributed by atoms with E-state index in [-0.39, 0.29) is 11.5 Å². The average molecular weight is 246 g/mol. The maximum absolute atomic E-state index is 10.9. The summed E-state index contributed by atoms with van der Waals surface area (Å²) in [5.74, 6) is 0. The van der Waals surface area contributed by atoms with Crippen molar-refractivity contribution in [1.29, 1.82) is 0 Å². The van der Waals surface area contributed by atoms with Gasteiger partial charge in [0.05, 0.1) is 0 Å². The Morgan fingerprint density at radius 1 is 1.22 bits per heavy atom. The van der Waals surface area contributed by atoms with Gasteiger partial charge in [0.25, 0.3) is 0 Å². The lowest BCUT2D eigenvalue weighted by Gasteiger charge is -2.22. The molecule has 1 saturated carbocycles. The SMILES string of the molecule is O=[N+]([O-])CC1(n2nc3ccccc3n2)CCCC1. The third kappa shape index (κ3) is 1.73. The van der Waals surface area contributed by atoms with Gasteiger partial charge < -0.3 is 0 Å². The minimum atomic E-state index is -0.525. The molecule has 0 aliphatic heterocycles. The molecule has 0 spiro atoms. The van der Waals surface area contributed by atoms with Gasteiger partial charge >= 0.3 is 0 Å². The van der Waals surface area contributed by atoms with Gasteiger partial charge in [-0.2, -0.15) is 15.0 Å². The molecule has 18 heavy (non-hydrogen) atoms. The molecule has 2 aromatic rings. The molecule has 1 fully saturated rings. The van der Waals surface area contributed by atoms with Crippen molar-refractivity contribution >= 4 is 11.0 Å². The lowest BCUT2D eigenvalue weighted by molar-refractivity contribution is -0.495. The second-order valence-corrected chi connectivity index (χ2v) is 4.90. The molecule has 6 heteroatoms. The van der Waals surface area contributed by atoms with Crippen LogP contribution in [-0.2, 0) is 5.54 Å². The normalized spacial score (nSPS) is 18.2. The van der Waals surface area contributed by atoms with Crippen LogP contribution in [0.4, 0.5) is 0 Å². The number of benzene rings is 1. The van der Waals surface area contributed by atoms with Crippen molar-refractivity contribution in [3.05, 3.63) is 34.4 Å². The van der Waals surface area contributed by atoms with Crippen LogP contribution in [0.3, 0.4) is 0 Å². The average Bonchev–Trinajstić information content (AvgIpc) is 2.94. The number of aromatic nitrogens is 3. The molecule has 1 heterocycles. The van der Waals surface area contributed by atoms with E-state index < -0.39 is 5.54 Å². The summed E-state index contributed by atoms with van der Waals surface area (Å²) in [5.41, 5.74) is 1.07. The Balaban J connectivity index is 2.06. The van der Waals surface area contributed by atoms with Crippen molar-refractivity contribution in [1.82, 2.24) is 15.0 Å². The second-order valence-electron chi connectivity index (χ2n) is 4.90. The zero-order valence-electron chi connectivity index (χ0n) is 9.95. The van der Waals surface area contributed by atoms with Crippen LogP contribution in [0.5, 0.6) is 0 Å². The van der Waals surface area contributed by atoms with E-state index in [2.05, 4.69) is 10.2 Å². The van der Waals surface area contributed by atoms with Crippen molar-refractivity contribution in [2.75, 3.05) is 6.54 Å². The van der Waals surface area contributed by atoms with Gasteiger partial charge in [0.1, 0.15) is 16.6 Å². The van der Waals surface area contributed by atoms with Crippen molar-refractivity contribution in [3.63, 3.8) is 0 Å². The molecule has 0 atom stereocenters.